The Bertz CT molecular complexity index is 561. The fourth-order valence-electron chi connectivity index (χ4n) is 1.97. The number of nitrogens with one attached hydrogen (secondary N) is 1. The number of unbranched alkanes of at least 4 members (excludes halogenated alkanes) is 1. The van der Waals surface area contributed by atoms with Crippen molar-refractivity contribution in [2.24, 2.45) is 0 Å². The third kappa shape index (κ3) is 4.67. The van der Waals surface area contributed by atoms with E-state index in [-0.39, 0.29) is 12.7 Å². The minimum Gasteiger partial charge on any atom is -0.454 e. The Hall–Kier alpha value is -2.23. The van der Waals surface area contributed by atoms with E-state index in [0.29, 0.717) is 0 Å². The number of amides is 1. The SMILES string of the molecule is CCCCNC(=O)C=CC(C)=Cc1ccc2c(c1)OCO2. The van der Waals surface area contributed by atoms with Gasteiger partial charge in [0.2, 0.25) is 12.7 Å². The summed E-state index contributed by atoms with van der Waals surface area (Å²) in [5.74, 6) is 1.48. The van der Waals surface area contributed by atoms with Crippen LogP contribution in [0.2, 0.25) is 0 Å². The summed E-state index contributed by atoms with van der Waals surface area (Å²) in [7, 11) is 0. The highest BCUT2D eigenvalue weighted by Gasteiger charge is 2.12. The monoisotopic (exact) mass is 287 g/mol. The van der Waals surface area contributed by atoms with Crippen LogP contribution in [0.5, 0.6) is 11.5 Å². The molecule has 21 heavy (non-hydrogen) atoms. The van der Waals surface area contributed by atoms with E-state index in [9.17, 15) is 4.79 Å². The lowest BCUT2D eigenvalue weighted by atomic mass is 10.1. The molecular weight excluding hydrogens is 266 g/mol. The van der Waals surface area contributed by atoms with Gasteiger partial charge in [-0.25, -0.2) is 0 Å². The first-order valence-corrected chi connectivity index (χ1v) is 7.23. The van der Waals surface area contributed by atoms with Crippen LogP contribution in [0.15, 0.2) is 35.9 Å². The zero-order valence-corrected chi connectivity index (χ0v) is 12.5. The number of hydrogen-bond acceptors (Lipinski definition) is 3. The molecule has 0 fully saturated rings. The fourth-order valence-corrected chi connectivity index (χ4v) is 1.97. The Labute approximate surface area is 125 Å². The lowest BCUT2D eigenvalue weighted by Gasteiger charge is -2.00. The molecular formula is C17H21NO3. The molecule has 112 valence electrons. The molecule has 1 aromatic rings. The number of ether oxygens (including phenoxy) is 2. The second-order valence-electron chi connectivity index (χ2n) is 4.98. The molecule has 2 rings (SSSR count). The van der Waals surface area contributed by atoms with Crippen molar-refractivity contribution in [2.75, 3.05) is 13.3 Å². The minimum atomic E-state index is -0.0538. The molecule has 1 aromatic carbocycles. The lowest BCUT2D eigenvalue weighted by Crippen LogP contribution is -2.21. The molecule has 0 saturated heterocycles. The number of carbonyl (C=O) groups excluding carboxylic acids is 1. The maximum atomic E-state index is 11.6. The third-order valence-electron chi connectivity index (χ3n) is 3.12. The zero-order valence-electron chi connectivity index (χ0n) is 12.5. The van der Waals surface area contributed by atoms with Crippen LogP contribution in [0.1, 0.15) is 32.3 Å². The molecule has 1 aliphatic heterocycles. The van der Waals surface area contributed by atoms with E-state index in [1.54, 1.807) is 6.08 Å². The average molecular weight is 287 g/mol. The number of benzene rings is 1. The van der Waals surface area contributed by atoms with E-state index >= 15 is 0 Å². The first-order valence-electron chi connectivity index (χ1n) is 7.23. The van der Waals surface area contributed by atoms with Crippen molar-refractivity contribution in [3.63, 3.8) is 0 Å². The van der Waals surface area contributed by atoms with Gasteiger partial charge in [-0.15, -0.1) is 0 Å². The molecule has 0 aliphatic carbocycles. The average Bonchev–Trinajstić information content (AvgIpc) is 2.93. The summed E-state index contributed by atoms with van der Waals surface area (Å²) in [5.41, 5.74) is 2.02. The molecule has 1 N–H and O–H groups in total. The van der Waals surface area contributed by atoms with Crippen LogP contribution in [0.4, 0.5) is 0 Å². The lowest BCUT2D eigenvalue weighted by molar-refractivity contribution is -0.116. The third-order valence-corrected chi connectivity index (χ3v) is 3.12. The van der Waals surface area contributed by atoms with Gasteiger partial charge >= 0.3 is 0 Å². The summed E-state index contributed by atoms with van der Waals surface area (Å²) in [5, 5.41) is 2.85. The summed E-state index contributed by atoms with van der Waals surface area (Å²) in [6.45, 7) is 5.06. The highest BCUT2D eigenvalue weighted by molar-refractivity contribution is 5.88. The van der Waals surface area contributed by atoms with Gasteiger partial charge in [0.05, 0.1) is 0 Å². The first-order chi connectivity index (χ1) is 10.2. The van der Waals surface area contributed by atoms with Crippen LogP contribution in [-0.2, 0) is 4.79 Å². The van der Waals surface area contributed by atoms with Gasteiger partial charge in [-0.2, -0.15) is 0 Å². The van der Waals surface area contributed by atoms with Crippen LogP contribution in [0, 0.1) is 0 Å². The Morgan fingerprint density at radius 3 is 2.90 bits per heavy atom. The minimum absolute atomic E-state index is 0.0538. The van der Waals surface area contributed by atoms with Gasteiger partial charge in [-0.1, -0.05) is 37.1 Å². The summed E-state index contributed by atoms with van der Waals surface area (Å²) in [4.78, 5) is 11.6. The Balaban J connectivity index is 1.93. The molecule has 0 bridgehead atoms. The first kappa shape index (κ1) is 15.2. The van der Waals surface area contributed by atoms with Gasteiger partial charge in [-0.05, 0) is 31.0 Å². The van der Waals surface area contributed by atoms with Crippen LogP contribution in [0.25, 0.3) is 6.08 Å². The van der Waals surface area contributed by atoms with Crippen molar-refractivity contribution in [2.45, 2.75) is 26.7 Å². The quantitative estimate of drug-likeness (QED) is 0.496. The van der Waals surface area contributed by atoms with Gasteiger partial charge < -0.3 is 14.8 Å². The predicted octanol–water partition coefficient (Wildman–Crippen LogP) is 3.29. The number of rotatable bonds is 6. The number of hydrogen-bond donors (Lipinski definition) is 1. The molecule has 0 radical (unpaired) electrons. The normalized spacial score (nSPS) is 13.7. The van der Waals surface area contributed by atoms with Crippen LogP contribution >= 0.6 is 0 Å². The van der Waals surface area contributed by atoms with E-state index in [1.807, 2.05) is 37.3 Å². The van der Waals surface area contributed by atoms with Gasteiger partial charge in [0.25, 0.3) is 0 Å². The molecule has 0 saturated carbocycles. The van der Waals surface area contributed by atoms with E-state index in [2.05, 4.69) is 12.2 Å². The molecule has 1 aliphatic rings. The van der Waals surface area contributed by atoms with Crippen molar-refractivity contribution in [1.29, 1.82) is 0 Å². The maximum Gasteiger partial charge on any atom is 0.243 e. The van der Waals surface area contributed by atoms with Gasteiger partial charge in [-0.3, -0.25) is 4.79 Å². The number of carbonyl (C=O) groups is 1. The molecule has 1 heterocycles. The summed E-state index contributed by atoms with van der Waals surface area (Å²) in [6.07, 6.45) is 7.46. The van der Waals surface area contributed by atoms with Gasteiger partial charge in [0.1, 0.15) is 0 Å². The molecule has 0 aromatic heterocycles. The zero-order chi connectivity index (χ0) is 15.1. The maximum absolute atomic E-state index is 11.6. The highest BCUT2D eigenvalue weighted by atomic mass is 16.7. The summed E-state index contributed by atoms with van der Waals surface area (Å²) in [6, 6.07) is 5.79. The highest BCUT2D eigenvalue weighted by Crippen LogP contribution is 2.33. The van der Waals surface area contributed by atoms with Crippen molar-refractivity contribution >= 4 is 12.0 Å². The van der Waals surface area contributed by atoms with E-state index in [4.69, 9.17) is 9.47 Å². The molecule has 1 amide bonds. The van der Waals surface area contributed by atoms with Crippen molar-refractivity contribution in [1.82, 2.24) is 5.32 Å². The standard InChI is InChI=1S/C17H21NO3/c1-3-4-9-18-17(19)8-5-13(2)10-14-6-7-15-16(11-14)21-12-20-15/h5-8,10-11H,3-4,9,12H2,1-2H3,(H,18,19). The summed E-state index contributed by atoms with van der Waals surface area (Å²) >= 11 is 0. The molecule has 0 atom stereocenters. The van der Waals surface area contributed by atoms with Crippen LogP contribution in [-0.4, -0.2) is 19.2 Å². The van der Waals surface area contributed by atoms with Crippen LogP contribution < -0.4 is 14.8 Å². The molecule has 0 spiro atoms. The van der Waals surface area contributed by atoms with Gasteiger partial charge in [0, 0.05) is 12.6 Å². The smallest absolute Gasteiger partial charge is 0.243 e. The predicted molar refractivity (Wildman–Crippen MR) is 83.3 cm³/mol. The Morgan fingerprint density at radius 2 is 2.10 bits per heavy atom. The second kappa shape index (κ2) is 7.53. The molecule has 4 heteroatoms. The second-order valence-corrected chi connectivity index (χ2v) is 4.98. The number of allylic oxidation sites excluding steroid dienone is 2. The van der Waals surface area contributed by atoms with E-state index in [1.165, 1.54) is 0 Å². The van der Waals surface area contributed by atoms with Gasteiger partial charge in [0.15, 0.2) is 11.5 Å². The van der Waals surface area contributed by atoms with Crippen LogP contribution in [0.3, 0.4) is 0 Å². The Morgan fingerprint density at radius 1 is 1.29 bits per heavy atom. The fraction of sp³-hybridized carbons (Fsp3) is 0.353. The number of fused-ring (bicyclic) bond motifs is 1. The van der Waals surface area contributed by atoms with Crippen molar-refractivity contribution in [3.05, 3.63) is 41.5 Å². The summed E-state index contributed by atoms with van der Waals surface area (Å²) < 4.78 is 10.6. The largest absolute Gasteiger partial charge is 0.454 e. The van der Waals surface area contributed by atoms with E-state index in [0.717, 1.165) is 42.0 Å². The molecule has 0 unspecified atom stereocenters. The topological polar surface area (TPSA) is 47.6 Å². The van der Waals surface area contributed by atoms with E-state index < -0.39 is 0 Å². The van der Waals surface area contributed by atoms with Crippen molar-refractivity contribution in [3.8, 4) is 11.5 Å². The Kier molecular flexibility index (Phi) is 5.43. The van der Waals surface area contributed by atoms with Crippen molar-refractivity contribution < 1.29 is 14.3 Å². The molecule has 4 nitrogen and oxygen atoms in total.